The van der Waals surface area contributed by atoms with E-state index in [4.69, 9.17) is 4.74 Å². The first kappa shape index (κ1) is 14.6. The van der Waals surface area contributed by atoms with Crippen LogP contribution < -0.4 is 10.1 Å². The minimum absolute atomic E-state index is 0.0110. The van der Waals surface area contributed by atoms with Gasteiger partial charge in [-0.15, -0.1) is 0 Å². The molecule has 1 amide bonds. The molecule has 1 aliphatic rings. The molecular weight excluding hydrogens is 282 g/mol. The second-order valence-corrected chi connectivity index (χ2v) is 5.56. The number of H-pyrrole nitrogens is 1. The van der Waals surface area contributed by atoms with Crippen molar-refractivity contribution in [3.63, 3.8) is 0 Å². The van der Waals surface area contributed by atoms with Gasteiger partial charge in [0.1, 0.15) is 6.10 Å². The Morgan fingerprint density at radius 3 is 3.05 bits per heavy atom. The summed E-state index contributed by atoms with van der Waals surface area (Å²) in [5.74, 6) is 0.631. The zero-order valence-corrected chi connectivity index (χ0v) is 12.9. The standard InChI is InChI=1S/C15H21N5O2/c1-3-20-10(2)12(9-18-20)15(21)19-13-5-4-6-14(13)22-11-7-16-17-8-11/h7-9,13-14H,3-6H2,1-2H3,(H,16,17)(H,19,21)/t13-,14+/m0/s1. The first-order valence-corrected chi connectivity index (χ1v) is 7.67. The Morgan fingerprint density at radius 1 is 1.50 bits per heavy atom. The largest absolute Gasteiger partial charge is 0.485 e. The van der Waals surface area contributed by atoms with Gasteiger partial charge in [-0.1, -0.05) is 0 Å². The smallest absolute Gasteiger partial charge is 0.255 e. The summed E-state index contributed by atoms with van der Waals surface area (Å²) in [6.45, 7) is 4.68. The van der Waals surface area contributed by atoms with E-state index in [2.05, 4.69) is 20.6 Å². The number of hydrogen-bond acceptors (Lipinski definition) is 4. The van der Waals surface area contributed by atoms with Crippen molar-refractivity contribution in [2.75, 3.05) is 0 Å². The summed E-state index contributed by atoms with van der Waals surface area (Å²) < 4.78 is 7.71. The van der Waals surface area contributed by atoms with Gasteiger partial charge in [-0.3, -0.25) is 14.6 Å². The fourth-order valence-electron chi connectivity index (χ4n) is 2.94. The lowest BCUT2D eigenvalue weighted by Crippen LogP contribution is -2.42. The normalized spacial score (nSPS) is 21.0. The van der Waals surface area contributed by atoms with E-state index < -0.39 is 0 Å². The number of ether oxygens (including phenoxy) is 1. The number of aromatic amines is 1. The molecule has 0 spiro atoms. The van der Waals surface area contributed by atoms with E-state index >= 15 is 0 Å². The molecule has 7 heteroatoms. The maximum Gasteiger partial charge on any atom is 0.255 e. The molecule has 0 bridgehead atoms. The molecule has 2 heterocycles. The quantitative estimate of drug-likeness (QED) is 0.880. The minimum atomic E-state index is -0.0788. The number of carbonyl (C=O) groups excluding carboxylic acids is 1. The Labute approximate surface area is 129 Å². The van der Waals surface area contributed by atoms with Gasteiger partial charge in [0, 0.05) is 12.2 Å². The van der Waals surface area contributed by atoms with Crippen molar-refractivity contribution in [3.05, 3.63) is 29.8 Å². The first-order valence-electron chi connectivity index (χ1n) is 7.67. The second-order valence-electron chi connectivity index (χ2n) is 5.56. The molecule has 3 rings (SSSR count). The molecule has 0 unspecified atom stereocenters. The molecule has 1 aliphatic carbocycles. The predicted molar refractivity (Wildman–Crippen MR) is 80.7 cm³/mol. The lowest BCUT2D eigenvalue weighted by molar-refractivity contribution is 0.0893. The van der Waals surface area contributed by atoms with Crippen LogP contribution in [0.1, 0.15) is 42.2 Å². The van der Waals surface area contributed by atoms with Gasteiger partial charge < -0.3 is 10.1 Å². The average Bonchev–Trinajstić information content (AvgIpc) is 3.22. The fourth-order valence-corrected chi connectivity index (χ4v) is 2.94. The molecule has 0 aliphatic heterocycles. The number of nitrogens with zero attached hydrogens (tertiary/aromatic N) is 3. The number of carbonyl (C=O) groups is 1. The van der Waals surface area contributed by atoms with Crippen LogP contribution in [0.4, 0.5) is 0 Å². The Hall–Kier alpha value is -2.31. The molecule has 7 nitrogen and oxygen atoms in total. The van der Waals surface area contributed by atoms with Crippen molar-refractivity contribution >= 4 is 5.91 Å². The van der Waals surface area contributed by atoms with Gasteiger partial charge in [0.2, 0.25) is 0 Å². The van der Waals surface area contributed by atoms with Gasteiger partial charge in [0.25, 0.3) is 5.91 Å². The third-order valence-electron chi connectivity index (χ3n) is 4.18. The summed E-state index contributed by atoms with van der Waals surface area (Å²) in [5, 5.41) is 13.9. The molecule has 2 atom stereocenters. The van der Waals surface area contributed by atoms with Crippen molar-refractivity contribution in [3.8, 4) is 5.75 Å². The van der Waals surface area contributed by atoms with Crippen LogP contribution >= 0.6 is 0 Å². The van der Waals surface area contributed by atoms with E-state index in [9.17, 15) is 4.79 Å². The van der Waals surface area contributed by atoms with Crippen LogP contribution in [0.3, 0.4) is 0 Å². The van der Waals surface area contributed by atoms with Gasteiger partial charge in [-0.25, -0.2) is 0 Å². The predicted octanol–water partition coefficient (Wildman–Crippen LogP) is 1.66. The summed E-state index contributed by atoms with van der Waals surface area (Å²) in [5.41, 5.74) is 1.53. The summed E-state index contributed by atoms with van der Waals surface area (Å²) in [6, 6.07) is 0.0202. The van der Waals surface area contributed by atoms with E-state index in [0.717, 1.165) is 31.5 Å². The summed E-state index contributed by atoms with van der Waals surface area (Å²) in [4.78, 5) is 12.5. The summed E-state index contributed by atoms with van der Waals surface area (Å²) in [7, 11) is 0. The molecule has 2 aromatic heterocycles. The molecule has 1 saturated carbocycles. The highest BCUT2D eigenvalue weighted by Gasteiger charge is 2.31. The van der Waals surface area contributed by atoms with Crippen molar-refractivity contribution in [1.82, 2.24) is 25.3 Å². The maximum absolute atomic E-state index is 12.5. The van der Waals surface area contributed by atoms with Gasteiger partial charge in [0.05, 0.1) is 30.2 Å². The van der Waals surface area contributed by atoms with Gasteiger partial charge in [-0.2, -0.15) is 10.2 Å². The van der Waals surface area contributed by atoms with Crippen LogP contribution in [-0.4, -0.2) is 38.0 Å². The maximum atomic E-state index is 12.5. The number of amides is 1. The summed E-state index contributed by atoms with van der Waals surface area (Å²) in [6.07, 6.45) is 7.89. The van der Waals surface area contributed by atoms with E-state index in [1.807, 2.05) is 18.5 Å². The van der Waals surface area contributed by atoms with E-state index in [1.165, 1.54) is 0 Å². The topological polar surface area (TPSA) is 84.8 Å². The molecule has 1 fully saturated rings. The molecule has 0 saturated heterocycles. The van der Waals surface area contributed by atoms with Crippen LogP contribution in [-0.2, 0) is 6.54 Å². The highest BCUT2D eigenvalue weighted by molar-refractivity contribution is 5.95. The molecule has 22 heavy (non-hydrogen) atoms. The van der Waals surface area contributed by atoms with E-state index in [1.54, 1.807) is 18.6 Å². The van der Waals surface area contributed by atoms with Gasteiger partial charge >= 0.3 is 0 Å². The molecule has 2 aromatic rings. The molecule has 0 radical (unpaired) electrons. The Kier molecular flexibility index (Phi) is 4.13. The number of aromatic nitrogens is 4. The Balaban J connectivity index is 1.66. The highest BCUT2D eigenvalue weighted by Crippen LogP contribution is 2.24. The third-order valence-corrected chi connectivity index (χ3v) is 4.18. The fraction of sp³-hybridized carbons (Fsp3) is 0.533. The van der Waals surface area contributed by atoms with Gasteiger partial charge in [-0.05, 0) is 33.1 Å². The van der Waals surface area contributed by atoms with Crippen LogP contribution in [0.2, 0.25) is 0 Å². The molecule has 2 N–H and O–H groups in total. The first-order chi connectivity index (χ1) is 10.7. The third kappa shape index (κ3) is 2.84. The number of nitrogens with one attached hydrogen (secondary N) is 2. The lowest BCUT2D eigenvalue weighted by atomic mass is 10.1. The number of hydrogen-bond donors (Lipinski definition) is 2. The number of rotatable bonds is 5. The Bertz CT molecular complexity index is 634. The highest BCUT2D eigenvalue weighted by atomic mass is 16.5. The van der Waals surface area contributed by atoms with Crippen molar-refractivity contribution in [2.45, 2.75) is 51.8 Å². The van der Waals surface area contributed by atoms with E-state index in [0.29, 0.717) is 11.3 Å². The average molecular weight is 303 g/mol. The Morgan fingerprint density at radius 2 is 2.36 bits per heavy atom. The van der Waals surface area contributed by atoms with E-state index in [-0.39, 0.29) is 18.1 Å². The minimum Gasteiger partial charge on any atom is -0.485 e. The molecule has 118 valence electrons. The second kappa shape index (κ2) is 6.21. The zero-order valence-electron chi connectivity index (χ0n) is 12.9. The van der Waals surface area contributed by atoms with Crippen molar-refractivity contribution < 1.29 is 9.53 Å². The van der Waals surface area contributed by atoms with Crippen LogP contribution in [0.15, 0.2) is 18.6 Å². The lowest BCUT2D eigenvalue weighted by Gasteiger charge is -2.21. The van der Waals surface area contributed by atoms with Crippen LogP contribution in [0, 0.1) is 6.92 Å². The molecule has 0 aromatic carbocycles. The summed E-state index contributed by atoms with van der Waals surface area (Å²) >= 11 is 0. The van der Waals surface area contributed by atoms with Crippen LogP contribution in [0.25, 0.3) is 0 Å². The van der Waals surface area contributed by atoms with Crippen molar-refractivity contribution in [1.29, 1.82) is 0 Å². The number of aryl methyl sites for hydroxylation is 1. The zero-order chi connectivity index (χ0) is 15.5. The monoisotopic (exact) mass is 303 g/mol. The SMILES string of the molecule is CCn1ncc(C(=O)N[C@H]2CCC[C@H]2Oc2cn[nH]c2)c1C. The van der Waals surface area contributed by atoms with Gasteiger partial charge in [0.15, 0.2) is 5.75 Å². The van der Waals surface area contributed by atoms with Crippen molar-refractivity contribution in [2.24, 2.45) is 0 Å². The molecular formula is C15H21N5O2. The van der Waals surface area contributed by atoms with Crippen LogP contribution in [0.5, 0.6) is 5.75 Å².